The number of rotatable bonds is 6. The average Bonchev–Trinajstić information content (AvgIpc) is 2.39. The summed E-state index contributed by atoms with van der Waals surface area (Å²) in [6.45, 7) is 1.75. The molecule has 0 saturated carbocycles. The molecule has 0 aromatic heterocycles. The number of phenols is 1. The van der Waals surface area contributed by atoms with Crippen molar-refractivity contribution in [1.29, 1.82) is 0 Å². The van der Waals surface area contributed by atoms with Gasteiger partial charge in [-0.15, -0.1) is 0 Å². The second kappa shape index (κ2) is 6.75. The number of aliphatic carboxylic acids is 1. The van der Waals surface area contributed by atoms with E-state index < -0.39 is 24.0 Å². The van der Waals surface area contributed by atoms with Crippen molar-refractivity contribution in [3.05, 3.63) is 29.8 Å². The van der Waals surface area contributed by atoms with Crippen molar-refractivity contribution >= 4 is 11.9 Å². The SMILES string of the molecule is CCC(N)C(=O)N[C@H](Cc1ccc(O)cc1)C(=O)O. The lowest BCUT2D eigenvalue weighted by Gasteiger charge is -2.17. The summed E-state index contributed by atoms with van der Waals surface area (Å²) in [6.07, 6.45) is 0.579. The number of carboxylic acid groups (broad SMARTS) is 1. The molecule has 6 nitrogen and oxygen atoms in total. The summed E-state index contributed by atoms with van der Waals surface area (Å²) < 4.78 is 0. The number of hydrogen-bond donors (Lipinski definition) is 4. The van der Waals surface area contributed by atoms with E-state index in [4.69, 9.17) is 15.9 Å². The van der Waals surface area contributed by atoms with Gasteiger partial charge >= 0.3 is 5.97 Å². The van der Waals surface area contributed by atoms with Gasteiger partial charge in [-0.1, -0.05) is 19.1 Å². The van der Waals surface area contributed by atoms with Crippen LogP contribution in [0.15, 0.2) is 24.3 Å². The number of aromatic hydroxyl groups is 1. The lowest BCUT2D eigenvalue weighted by molar-refractivity contribution is -0.142. The summed E-state index contributed by atoms with van der Waals surface area (Å²) in [7, 11) is 0. The third-order valence-electron chi connectivity index (χ3n) is 2.77. The van der Waals surface area contributed by atoms with E-state index in [0.717, 1.165) is 0 Å². The number of nitrogens with one attached hydrogen (secondary N) is 1. The highest BCUT2D eigenvalue weighted by Gasteiger charge is 2.22. The summed E-state index contributed by atoms with van der Waals surface area (Å²) in [5.41, 5.74) is 6.24. The molecule has 6 heteroatoms. The van der Waals surface area contributed by atoms with E-state index in [2.05, 4.69) is 5.32 Å². The molecule has 1 amide bonds. The Morgan fingerprint density at radius 3 is 2.37 bits per heavy atom. The third kappa shape index (κ3) is 4.59. The molecular formula is C13H18N2O4. The van der Waals surface area contributed by atoms with Crippen LogP contribution in [0.25, 0.3) is 0 Å². The Hall–Kier alpha value is -2.08. The Kier molecular flexibility index (Phi) is 5.32. The molecule has 0 spiro atoms. The highest BCUT2D eigenvalue weighted by Crippen LogP contribution is 2.11. The number of phenolic OH excluding ortho intramolecular Hbond substituents is 1. The van der Waals surface area contributed by atoms with Gasteiger partial charge in [-0.2, -0.15) is 0 Å². The Morgan fingerprint density at radius 1 is 1.32 bits per heavy atom. The van der Waals surface area contributed by atoms with Crippen LogP contribution in [-0.4, -0.2) is 34.2 Å². The van der Waals surface area contributed by atoms with E-state index in [0.29, 0.717) is 12.0 Å². The van der Waals surface area contributed by atoms with Crippen molar-refractivity contribution in [3.63, 3.8) is 0 Å². The topological polar surface area (TPSA) is 113 Å². The van der Waals surface area contributed by atoms with Crippen molar-refractivity contribution < 1.29 is 19.8 Å². The van der Waals surface area contributed by atoms with Crippen LogP contribution < -0.4 is 11.1 Å². The van der Waals surface area contributed by atoms with Gasteiger partial charge in [-0.05, 0) is 24.1 Å². The van der Waals surface area contributed by atoms with Gasteiger partial charge in [0.15, 0.2) is 0 Å². The maximum atomic E-state index is 11.6. The zero-order valence-corrected chi connectivity index (χ0v) is 10.7. The van der Waals surface area contributed by atoms with Crippen molar-refractivity contribution in [1.82, 2.24) is 5.32 Å². The minimum atomic E-state index is -1.12. The third-order valence-corrected chi connectivity index (χ3v) is 2.77. The molecule has 1 aromatic carbocycles. The molecule has 0 aliphatic carbocycles. The summed E-state index contributed by atoms with van der Waals surface area (Å²) in [6, 6.07) is 4.41. The maximum Gasteiger partial charge on any atom is 0.326 e. The standard InChI is InChI=1S/C13H18N2O4/c1-2-10(14)12(17)15-11(13(18)19)7-8-3-5-9(16)6-4-8/h3-6,10-11,16H,2,7,14H2,1H3,(H,15,17)(H,18,19)/t10?,11-/m1/s1. The first-order valence-corrected chi connectivity index (χ1v) is 6.00. The Bertz CT molecular complexity index is 444. The maximum absolute atomic E-state index is 11.6. The number of benzene rings is 1. The first-order chi connectivity index (χ1) is 8.93. The van der Waals surface area contributed by atoms with E-state index in [1.165, 1.54) is 12.1 Å². The summed E-state index contributed by atoms with van der Waals surface area (Å²) in [4.78, 5) is 22.7. The van der Waals surface area contributed by atoms with Crippen LogP contribution in [0.5, 0.6) is 5.75 Å². The van der Waals surface area contributed by atoms with Crippen molar-refractivity contribution in [3.8, 4) is 5.75 Å². The van der Waals surface area contributed by atoms with Crippen LogP contribution in [0, 0.1) is 0 Å². The molecule has 1 aromatic rings. The van der Waals surface area contributed by atoms with Gasteiger partial charge in [0.2, 0.25) is 5.91 Å². The molecule has 0 heterocycles. The smallest absolute Gasteiger partial charge is 0.326 e. The van der Waals surface area contributed by atoms with Gasteiger partial charge < -0.3 is 21.3 Å². The predicted octanol–water partition coefficient (Wildman–Crippen LogP) is 0.241. The van der Waals surface area contributed by atoms with E-state index in [-0.39, 0.29) is 12.2 Å². The van der Waals surface area contributed by atoms with Crippen LogP contribution in [0.3, 0.4) is 0 Å². The first-order valence-electron chi connectivity index (χ1n) is 6.00. The van der Waals surface area contributed by atoms with Crippen LogP contribution in [0.4, 0.5) is 0 Å². The molecule has 1 unspecified atom stereocenters. The van der Waals surface area contributed by atoms with Crippen LogP contribution in [0.1, 0.15) is 18.9 Å². The van der Waals surface area contributed by atoms with E-state index in [1.807, 2.05) is 0 Å². The quantitative estimate of drug-likeness (QED) is 0.589. The first kappa shape index (κ1) is 15.0. The summed E-state index contributed by atoms with van der Waals surface area (Å²) >= 11 is 0. The van der Waals surface area contributed by atoms with E-state index >= 15 is 0 Å². The molecule has 5 N–H and O–H groups in total. The minimum absolute atomic E-state index is 0.104. The Labute approximate surface area is 111 Å². The fourth-order valence-electron chi connectivity index (χ4n) is 1.53. The lowest BCUT2D eigenvalue weighted by Crippen LogP contribution is -2.49. The van der Waals surface area contributed by atoms with Crippen LogP contribution in [0.2, 0.25) is 0 Å². The monoisotopic (exact) mass is 266 g/mol. The molecule has 0 aliphatic rings. The molecule has 0 aliphatic heterocycles. The second-order valence-corrected chi connectivity index (χ2v) is 4.28. The fourth-order valence-corrected chi connectivity index (χ4v) is 1.53. The van der Waals surface area contributed by atoms with Crippen LogP contribution >= 0.6 is 0 Å². The lowest BCUT2D eigenvalue weighted by atomic mass is 10.1. The van der Waals surface area contributed by atoms with Gasteiger partial charge in [-0.25, -0.2) is 4.79 Å². The van der Waals surface area contributed by atoms with Gasteiger partial charge in [0.1, 0.15) is 11.8 Å². The molecule has 2 atom stereocenters. The Balaban J connectivity index is 2.71. The van der Waals surface area contributed by atoms with Gasteiger partial charge in [0, 0.05) is 6.42 Å². The molecule has 1 rings (SSSR count). The molecule has 19 heavy (non-hydrogen) atoms. The minimum Gasteiger partial charge on any atom is -0.508 e. The van der Waals surface area contributed by atoms with Crippen molar-refractivity contribution in [2.45, 2.75) is 31.8 Å². The van der Waals surface area contributed by atoms with Gasteiger partial charge in [0.25, 0.3) is 0 Å². The highest BCUT2D eigenvalue weighted by molar-refractivity contribution is 5.86. The number of amides is 1. The molecule has 104 valence electrons. The number of carbonyl (C=O) groups is 2. The number of nitrogens with two attached hydrogens (primary N) is 1. The Morgan fingerprint density at radius 2 is 1.89 bits per heavy atom. The van der Waals surface area contributed by atoms with E-state index in [1.54, 1.807) is 19.1 Å². The van der Waals surface area contributed by atoms with Crippen molar-refractivity contribution in [2.24, 2.45) is 5.73 Å². The fraction of sp³-hybridized carbons (Fsp3) is 0.385. The molecule has 0 bridgehead atoms. The molecule has 0 saturated heterocycles. The zero-order chi connectivity index (χ0) is 14.4. The number of carboxylic acids is 1. The number of hydrogen-bond acceptors (Lipinski definition) is 4. The largest absolute Gasteiger partial charge is 0.508 e. The second-order valence-electron chi connectivity index (χ2n) is 4.28. The summed E-state index contributed by atoms with van der Waals surface area (Å²) in [5.74, 6) is -1.49. The zero-order valence-electron chi connectivity index (χ0n) is 10.7. The van der Waals surface area contributed by atoms with E-state index in [9.17, 15) is 9.59 Å². The predicted molar refractivity (Wildman–Crippen MR) is 69.6 cm³/mol. The van der Waals surface area contributed by atoms with Gasteiger partial charge in [-0.3, -0.25) is 4.79 Å². The van der Waals surface area contributed by atoms with Gasteiger partial charge in [0.05, 0.1) is 6.04 Å². The van der Waals surface area contributed by atoms with Crippen molar-refractivity contribution in [2.75, 3.05) is 0 Å². The molecule has 0 radical (unpaired) electrons. The highest BCUT2D eigenvalue weighted by atomic mass is 16.4. The van der Waals surface area contributed by atoms with Crippen LogP contribution in [-0.2, 0) is 16.0 Å². The number of carbonyl (C=O) groups excluding carboxylic acids is 1. The normalized spacial score (nSPS) is 13.6. The summed E-state index contributed by atoms with van der Waals surface area (Å²) in [5, 5.41) is 20.6. The molecular weight excluding hydrogens is 248 g/mol. The average molecular weight is 266 g/mol. The molecule has 0 fully saturated rings.